The van der Waals surface area contributed by atoms with E-state index in [1.54, 1.807) is 0 Å². The number of ketones is 1. The van der Waals surface area contributed by atoms with Crippen LogP contribution in [0.4, 0.5) is 15.8 Å². The number of nitrogens with zero attached hydrogens (tertiary/aromatic N) is 2. The summed E-state index contributed by atoms with van der Waals surface area (Å²) in [4.78, 5) is 30.8. The fourth-order valence-corrected chi connectivity index (χ4v) is 6.70. The summed E-state index contributed by atoms with van der Waals surface area (Å²) < 4.78 is 13.6. The van der Waals surface area contributed by atoms with Gasteiger partial charge in [0, 0.05) is 55.4 Å². The number of thioether (sulfide) groups is 1. The van der Waals surface area contributed by atoms with Crippen LogP contribution in [0.5, 0.6) is 0 Å². The van der Waals surface area contributed by atoms with E-state index in [0.29, 0.717) is 23.9 Å². The molecule has 5 nitrogen and oxygen atoms in total. The molecule has 33 heavy (non-hydrogen) atoms. The molecule has 1 amide bonds. The lowest BCUT2D eigenvalue weighted by Gasteiger charge is -2.39. The zero-order chi connectivity index (χ0) is 22.9. The molecule has 174 valence electrons. The first-order chi connectivity index (χ1) is 16.0. The molecule has 2 atom stereocenters. The summed E-state index contributed by atoms with van der Waals surface area (Å²) in [6.45, 7) is 5.46. The third kappa shape index (κ3) is 4.53. The van der Waals surface area contributed by atoms with Crippen LogP contribution in [0.3, 0.4) is 0 Å². The molecule has 0 bridgehead atoms. The monoisotopic (exact) mass is 467 g/mol. The van der Waals surface area contributed by atoms with Crippen molar-refractivity contribution in [2.45, 2.75) is 49.5 Å². The summed E-state index contributed by atoms with van der Waals surface area (Å²) in [6.07, 6.45) is 3.52. The van der Waals surface area contributed by atoms with Gasteiger partial charge in [-0.05, 0) is 61.4 Å². The summed E-state index contributed by atoms with van der Waals surface area (Å²) in [5.41, 5.74) is 3.61. The predicted octanol–water partition coefficient (Wildman–Crippen LogP) is 4.92. The van der Waals surface area contributed by atoms with Crippen molar-refractivity contribution < 1.29 is 14.0 Å². The number of benzene rings is 2. The number of hydrogen-bond donors (Lipinski definition) is 1. The molecule has 3 aliphatic heterocycles. The SMILES string of the molecule is CC(=O)Nc1cc(F)ccc1C(=O)CCCN1CC[C@H]2C(C1)c1cccc3c1N2CCCS3. The highest BCUT2D eigenvalue weighted by molar-refractivity contribution is 7.99. The number of carbonyl (C=O) groups excluding carboxylic acids is 2. The Hall–Kier alpha value is -2.38. The van der Waals surface area contributed by atoms with E-state index < -0.39 is 5.82 Å². The third-order valence-corrected chi connectivity index (χ3v) is 8.18. The Morgan fingerprint density at radius 2 is 2.09 bits per heavy atom. The van der Waals surface area contributed by atoms with Gasteiger partial charge in [-0.25, -0.2) is 4.39 Å². The normalized spacial score (nSPS) is 21.8. The van der Waals surface area contributed by atoms with Crippen LogP contribution < -0.4 is 10.2 Å². The lowest BCUT2D eigenvalue weighted by molar-refractivity contribution is -0.114. The van der Waals surface area contributed by atoms with Gasteiger partial charge in [0.05, 0.1) is 11.4 Å². The maximum atomic E-state index is 13.6. The lowest BCUT2D eigenvalue weighted by atomic mass is 9.89. The smallest absolute Gasteiger partial charge is 0.221 e. The van der Waals surface area contributed by atoms with Gasteiger partial charge in [-0.15, -0.1) is 11.8 Å². The van der Waals surface area contributed by atoms with Crippen LogP contribution >= 0.6 is 11.8 Å². The largest absolute Gasteiger partial charge is 0.367 e. The van der Waals surface area contributed by atoms with E-state index in [9.17, 15) is 14.0 Å². The molecule has 3 aliphatic rings. The Morgan fingerprint density at radius 3 is 2.94 bits per heavy atom. The van der Waals surface area contributed by atoms with Crippen molar-refractivity contribution in [3.63, 3.8) is 0 Å². The van der Waals surface area contributed by atoms with Crippen LogP contribution in [0.25, 0.3) is 0 Å². The van der Waals surface area contributed by atoms with Gasteiger partial charge in [0.1, 0.15) is 5.82 Å². The van der Waals surface area contributed by atoms with Gasteiger partial charge in [-0.1, -0.05) is 12.1 Å². The number of halogens is 1. The van der Waals surface area contributed by atoms with E-state index in [0.717, 1.165) is 39.0 Å². The highest BCUT2D eigenvalue weighted by atomic mass is 32.2. The molecule has 0 saturated carbocycles. The Kier molecular flexibility index (Phi) is 6.43. The van der Waals surface area contributed by atoms with Crippen LogP contribution in [0.1, 0.15) is 54.4 Å². The molecule has 5 rings (SSSR count). The van der Waals surface area contributed by atoms with E-state index in [1.165, 1.54) is 53.4 Å². The van der Waals surface area contributed by atoms with Gasteiger partial charge in [-0.2, -0.15) is 0 Å². The zero-order valence-corrected chi connectivity index (χ0v) is 19.8. The van der Waals surface area contributed by atoms with Crippen molar-refractivity contribution in [1.82, 2.24) is 4.90 Å². The van der Waals surface area contributed by atoms with Gasteiger partial charge in [0.2, 0.25) is 5.91 Å². The molecular weight excluding hydrogens is 437 g/mol. The predicted molar refractivity (Wildman–Crippen MR) is 131 cm³/mol. The maximum absolute atomic E-state index is 13.6. The summed E-state index contributed by atoms with van der Waals surface area (Å²) in [5, 5.41) is 2.58. The standard InChI is InChI=1S/C26H30FN3O2S/c1-17(31)28-22-15-18(27)8-9-20(22)24(32)6-3-11-29-13-10-23-21(16-29)19-5-2-7-25-26(19)30(23)12-4-14-33-25/h2,5,7-9,15,21,23H,3-4,6,10-14,16H2,1H3,(H,28,31)/t21?,23-/m0/s1. The molecule has 1 N–H and O–H groups in total. The number of anilines is 2. The minimum atomic E-state index is -0.467. The number of carbonyl (C=O) groups is 2. The van der Waals surface area contributed by atoms with E-state index in [-0.39, 0.29) is 17.4 Å². The lowest BCUT2D eigenvalue weighted by Crippen LogP contribution is -2.46. The number of amides is 1. The van der Waals surface area contributed by atoms with E-state index in [1.807, 2.05) is 11.8 Å². The molecule has 0 aromatic heterocycles. The van der Waals surface area contributed by atoms with E-state index in [4.69, 9.17) is 0 Å². The summed E-state index contributed by atoms with van der Waals surface area (Å²) >= 11 is 1.99. The molecular formula is C26H30FN3O2S. The summed E-state index contributed by atoms with van der Waals surface area (Å²) in [7, 11) is 0. The Balaban J connectivity index is 1.21. The average Bonchev–Trinajstić information content (AvgIpc) is 2.94. The first-order valence-electron chi connectivity index (χ1n) is 11.9. The summed E-state index contributed by atoms with van der Waals surface area (Å²) in [5.74, 6) is 0.888. The molecule has 1 unspecified atom stereocenters. The van der Waals surface area contributed by atoms with Crippen molar-refractivity contribution in [3.8, 4) is 0 Å². The molecule has 3 heterocycles. The minimum Gasteiger partial charge on any atom is -0.367 e. The third-order valence-electron chi connectivity index (χ3n) is 7.05. The van der Waals surface area contributed by atoms with E-state index in [2.05, 4.69) is 33.3 Å². The van der Waals surface area contributed by atoms with Crippen molar-refractivity contribution in [2.24, 2.45) is 0 Å². The Labute approximate surface area is 198 Å². The highest BCUT2D eigenvalue weighted by Crippen LogP contribution is 2.50. The average molecular weight is 468 g/mol. The number of fused-ring (bicyclic) bond motifs is 3. The molecule has 0 aliphatic carbocycles. The van der Waals surface area contributed by atoms with Crippen molar-refractivity contribution in [3.05, 3.63) is 53.3 Å². The number of nitrogens with one attached hydrogen (secondary N) is 1. The maximum Gasteiger partial charge on any atom is 0.221 e. The van der Waals surface area contributed by atoms with Gasteiger partial charge < -0.3 is 15.1 Å². The Morgan fingerprint density at radius 1 is 1.21 bits per heavy atom. The van der Waals surface area contributed by atoms with Crippen LogP contribution in [0, 0.1) is 5.82 Å². The number of para-hydroxylation sites is 1. The number of hydrogen-bond acceptors (Lipinski definition) is 5. The number of piperidine rings is 1. The second-order valence-electron chi connectivity index (χ2n) is 9.25. The van der Waals surface area contributed by atoms with Gasteiger partial charge >= 0.3 is 0 Å². The molecule has 7 heteroatoms. The number of rotatable bonds is 6. The molecule has 1 fully saturated rings. The topological polar surface area (TPSA) is 52.7 Å². The van der Waals surface area contributed by atoms with Gasteiger partial charge in [-0.3, -0.25) is 9.59 Å². The van der Waals surface area contributed by atoms with Crippen LogP contribution in [-0.2, 0) is 4.79 Å². The minimum absolute atomic E-state index is 0.0603. The van der Waals surface area contributed by atoms with Crippen LogP contribution in [0.2, 0.25) is 0 Å². The summed E-state index contributed by atoms with van der Waals surface area (Å²) in [6, 6.07) is 11.3. The molecule has 1 saturated heterocycles. The second kappa shape index (κ2) is 9.47. The van der Waals surface area contributed by atoms with Crippen molar-refractivity contribution in [2.75, 3.05) is 42.1 Å². The van der Waals surface area contributed by atoms with Crippen molar-refractivity contribution in [1.29, 1.82) is 0 Å². The fourth-order valence-electron chi connectivity index (χ4n) is 5.66. The van der Waals surface area contributed by atoms with Crippen LogP contribution in [-0.4, -0.2) is 54.6 Å². The Bertz CT molecular complexity index is 1080. The molecule has 2 aromatic carbocycles. The quantitative estimate of drug-likeness (QED) is 0.611. The number of Topliss-reactive ketones (excluding diaryl/α,β-unsaturated/α-hetero) is 1. The molecule has 0 radical (unpaired) electrons. The van der Waals surface area contributed by atoms with E-state index >= 15 is 0 Å². The zero-order valence-electron chi connectivity index (χ0n) is 19.0. The fraction of sp³-hybridized carbons (Fsp3) is 0.462. The van der Waals surface area contributed by atoms with Crippen molar-refractivity contribution >= 4 is 34.8 Å². The van der Waals surface area contributed by atoms with Gasteiger partial charge in [0.25, 0.3) is 0 Å². The second-order valence-corrected chi connectivity index (χ2v) is 10.4. The highest BCUT2D eigenvalue weighted by Gasteiger charge is 2.43. The first kappa shape index (κ1) is 22.4. The first-order valence-corrected chi connectivity index (χ1v) is 12.8. The number of likely N-dealkylation sites (tertiary alicyclic amines) is 1. The van der Waals surface area contributed by atoms with Crippen LogP contribution in [0.15, 0.2) is 41.3 Å². The molecule has 2 aromatic rings. The van der Waals surface area contributed by atoms with Gasteiger partial charge in [0.15, 0.2) is 5.78 Å². The molecule has 0 spiro atoms.